The van der Waals surface area contributed by atoms with Gasteiger partial charge in [-0.3, -0.25) is 19.2 Å². The van der Waals surface area contributed by atoms with Crippen molar-refractivity contribution in [3.05, 3.63) is 130 Å². The number of carbonyl (C=O) groups excluding carboxylic acids is 4. The van der Waals surface area contributed by atoms with Crippen molar-refractivity contribution in [1.29, 1.82) is 0 Å². The lowest BCUT2D eigenvalue weighted by atomic mass is 9.83. The summed E-state index contributed by atoms with van der Waals surface area (Å²) in [6.07, 6.45) is 9.80. The highest BCUT2D eigenvalue weighted by Gasteiger charge is 2.39. The maximum atomic E-state index is 13.0. The van der Waals surface area contributed by atoms with Crippen LogP contribution >= 0.6 is 11.6 Å². The molecule has 4 aromatic carbocycles. The Morgan fingerprint density at radius 1 is 0.594 bits per heavy atom. The molecule has 4 aromatic rings. The molecule has 5 N–H and O–H groups in total. The van der Waals surface area contributed by atoms with E-state index in [1.807, 2.05) is 84.6 Å². The molecule has 1 amide bonds. The molecule has 0 aliphatic carbocycles. The van der Waals surface area contributed by atoms with Gasteiger partial charge >= 0.3 is 0 Å². The first-order chi connectivity index (χ1) is 32.8. The molecule has 0 unspecified atom stereocenters. The lowest BCUT2D eigenvalue weighted by molar-refractivity contribution is 0.0672. The highest BCUT2D eigenvalue weighted by molar-refractivity contribution is 6.67. The predicted molar refractivity (Wildman–Crippen MR) is 287 cm³/mol. The molecular formula is C58H81ClN6O4. The summed E-state index contributed by atoms with van der Waals surface area (Å²) in [5.74, 6) is 0.594. The second kappa shape index (κ2) is 25.3. The maximum Gasteiger partial charge on any atom is 0.253 e. The molecule has 0 atom stereocenters. The second-order valence-corrected chi connectivity index (χ2v) is 21.6. The summed E-state index contributed by atoms with van der Waals surface area (Å²) >= 11 is 5.33. The second-order valence-electron chi connectivity index (χ2n) is 21.3. The van der Waals surface area contributed by atoms with Crippen LogP contribution in [0.3, 0.4) is 0 Å². The molecule has 0 bridgehead atoms. The van der Waals surface area contributed by atoms with E-state index in [1.54, 1.807) is 12.1 Å². The number of nitrogens with zero attached hydrogens (tertiary/aromatic N) is 2. The van der Waals surface area contributed by atoms with E-state index in [2.05, 4.69) is 81.4 Å². The fraction of sp³-hybridized carbons (Fsp3) is 0.517. The molecule has 10 nitrogen and oxygen atoms in total. The third kappa shape index (κ3) is 15.8. The SMILES string of the molecule is CC(C)(C)c1ccc(C(=O)Cl)cc1.CC(C)(C)c1ccc(C(=O)N2CCC3(CCC(=O)c4ccccc4N3)CC2)cc1.CCN.CCN1CCCC1.O=C1CCC2(CCNCC2)Nc2ccccc21. The summed E-state index contributed by atoms with van der Waals surface area (Å²) in [5.41, 5.74) is 12.4. The minimum absolute atomic E-state index is 0.0813. The van der Waals surface area contributed by atoms with Gasteiger partial charge in [-0.25, -0.2) is 0 Å². The minimum atomic E-state index is -0.402. The van der Waals surface area contributed by atoms with Crippen molar-refractivity contribution in [2.24, 2.45) is 5.73 Å². The first-order valence-corrected chi connectivity index (χ1v) is 25.8. The molecule has 3 saturated heterocycles. The van der Waals surface area contributed by atoms with Gasteiger partial charge in [-0.05, 0) is 173 Å². The summed E-state index contributed by atoms with van der Waals surface area (Å²) < 4.78 is 0. The summed E-state index contributed by atoms with van der Waals surface area (Å²) in [6.45, 7) is 25.3. The van der Waals surface area contributed by atoms with E-state index in [4.69, 9.17) is 17.3 Å². The van der Waals surface area contributed by atoms with E-state index in [1.165, 1.54) is 43.6 Å². The number of likely N-dealkylation sites (tertiary alicyclic amines) is 2. The number of rotatable bonds is 3. The average Bonchev–Trinajstić information content (AvgIpc) is 3.79. The van der Waals surface area contributed by atoms with Crippen LogP contribution in [0.1, 0.15) is 172 Å². The zero-order chi connectivity index (χ0) is 50.2. The highest BCUT2D eigenvalue weighted by Crippen LogP contribution is 2.37. The van der Waals surface area contributed by atoms with Gasteiger partial charge in [0.05, 0.1) is 0 Å². The van der Waals surface area contributed by atoms with Gasteiger partial charge in [0.2, 0.25) is 0 Å². The molecule has 5 aliphatic rings. The largest absolute Gasteiger partial charge is 0.379 e. The lowest BCUT2D eigenvalue weighted by Gasteiger charge is -2.42. The first-order valence-electron chi connectivity index (χ1n) is 25.5. The Morgan fingerprint density at radius 3 is 1.39 bits per heavy atom. The Bertz CT molecular complexity index is 2280. The van der Waals surface area contributed by atoms with Crippen LogP contribution in [0, 0.1) is 0 Å². The number of hydrogen-bond donors (Lipinski definition) is 4. The summed E-state index contributed by atoms with van der Waals surface area (Å²) in [7, 11) is 0. The van der Waals surface area contributed by atoms with Gasteiger partial charge in [-0.1, -0.05) is 104 Å². The fourth-order valence-corrected chi connectivity index (χ4v) is 9.76. The molecule has 5 heterocycles. The minimum Gasteiger partial charge on any atom is -0.379 e. The predicted octanol–water partition coefficient (Wildman–Crippen LogP) is 11.7. The van der Waals surface area contributed by atoms with Crippen LogP contribution in [0.4, 0.5) is 11.4 Å². The van der Waals surface area contributed by atoms with Crippen LogP contribution in [0.15, 0.2) is 97.1 Å². The smallest absolute Gasteiger partial charge is 0.253 e. The molecule has 0 saturated carbocycles. The number of Topliss-reactive ketones (excluding diaryl/α,β-unsaturated/α-hetero) is 2. The van der Waals surface area contributed by atoms with Gasteiger partial charge in [0, 0.05) is 70.6 Å². The van der Waals surface area contributed by atoms with Crippen LogP contribution in [0.5, 0.6) is 0 Å². The number of anilines is 2. The molecule has 3 fully saturated rings. The monoisotopic (exact) mass is 961 g/mol. The molecule has 0 radical (unpaired) electrons. The Labute approximate surface area is 418 Å². The third-order valence-corrected chi connectivity index (χ3v) is 14.3. The van der Waals surface area contributed by atoms with Crippen LogP contribution < -0.4 is 21.7 Å². The summed E-state index contributed by atoms with van der Waals surface area (Å²) in [6, 6.07) is 31.1. The van der Waals surface area contributed by atoms with Gasteiger partial charge in [0.25, 0.3) is 11.1 Å². The van der Waals surface area contributed by atoms with Crippen molar-refractivity contribution < 1.29 is 19.2 Å². The Balaban J connectivity index is 0.000000187. The van der Waals surface area contributed by atoms with Crippen molar-refractivity contribution >= 4 is 45.7 Å². The van der Waals surface area contributed by atoms with E-state index in [9.17, 15) is 19.2 Å². The van der Waals surface area contributed by atoms with E-state index in [0.29, 0.717) is 31.5 Å². The molecule has 0 aromatic heterocycles. The van der Waals surface area contributed by atoms with Crippen LogP contribution in [0.2, 0.25) is 0 Å². The van der Waals surface area contributed by atoms with Crippen molar-refractivity contribution in [3.63, 3.8) is 0 Å². The van der Waals surface area contributed by atoms with E-state index in [-0.39, 0.29) is 39.4 Å². The number of piperidine rings is 2. The van der Waals surface area contributed by atoms with Gasteiger partial charge in [-0.2, -0.15) is 0 Å². The van der Waals surface area contributed by atoms with Gasteiger partial charge in [0.1, 0.15) is 0 Å². The number of fused-ring (bicyclic) bond motifs is 2. The number of carbonyl (C=O) groups is 4. The van der Waals surface area contributed by atoms with Crippen molar-refractivity contribution in [2.75, 3.05) is 63.0 Å². The molecule has 11 heteroatoms. The van der Waals surface area contributed by atoms with Gasteiger partial charge in [-0.15, -0.1) is 0 Å². The number of ketones is 2. The normalized spacial score (nSPS) is 18.3. The molecular weight excluding hydrogens is 880 g/mol. The molecule has 9 rings (SSSR count). The average molecular weight is 962 g/mol. The Hall–Kier alpha value is -4.87. The summed E-state index contributed by atoms with van der Waals surface area (Å²) in [4.78, 5) is 52.8. The fourth-order valence-electron chi connectivity index (χ4n) is 9.63. The van der Waals surface area contributed by atoms with Crippen molar-refractivity contribution in [3.8, 4) is 0 Å². The summed E-state index contributed by atoms with van der Waals surface area (Å²) in [5, 5.41) is 10.3. The molecule has 69 heavy (non-hydrogen) atoms. The number of halogens is 1. The van der Waals surface area contributed by atoms with Crippen LogP contribution in [-0.2, 0) is 10.8 Å². The topological polar surface area (TPSA) is 137 Å². The lowest BCUT2D eigenvalue weighted by Crippen LogP contribution is -2.50. The molecule has 5 aliphatic heterocycles. The number of amides is 1. The van der Waals surface area contributed by atoms with Crippen molar-refractivity contribution in [1.82, 2.24) is 15.1 Å². The highest BCUT2D eigenvalue weighted by atomic mass is 35.5. The van der Waals surface area contributed by atoms with Gasteiger partial charge in [0.15, 0.2) is 11.6 Å². The quantitative estimate of drug-likeness (QED) is 0.148. The maximum absolute atomic E-state index is 13.0. The first kappa shape index (κ1) is 55.1. The Kier molecular flexibility index (Phi) is 20.2. The van der Waals surface area contributed by atoms with Crippen LogP contribution in [0.25, 0.3) is 0 Å². The number of nitrogens with two attached hydrogens (primary N) is 1. The van der Waals surface area contributed by atoms with E-state index in [0.717, 1.165) is 86.2 Å². The number of hydrogen-bond acceptors (Lipinski definition) is 9. The Morgan fingerprint density at radius 2 is 1.00 bits per heavy atom. The zero-order valence-corrected chi connectivity index (χ0v) is 43.7. The number of benzene rings is 4. The van der Waals surface area contributed by atoms with Crippen LogP contribution in [-0.4, -0.2) is 96.0 Å². The van der Waals surface area contributed by atoms with E-state index >= 15 is 0 Å². The third-order valence-electron chi connectivity index (χ3n) is 14.1. The molecule has 374 valence electrons. The number of para-hydroxylation sites is 2. The number of nitrogens with one attached hydrogen (secondary N) is 3. The van der Waals surface area contributed by atoms with Gasteiger partial charge < -0.3 is 31.5 Å². The van der Waals surface area contributed by atoms with E-state index < -0.39 is 5.24 Å². The molecule has 2 spiro atoms. The zero-order valence-electron chi connectivity index (χ0n) is 42.9. The van der Waals surface area contributed by atoms with Crippen molar-refractivity contribution in [2.45, 2.75) is 142 Å². The standard InChI is InChI=1S/C25H30N2O2.C14H18N2O.C11H13ClO.C6H13N.C2H7N/c1-24(2,3)19-10-8-18(9-11-19)23(29)27-16-14-25(15-17-27)13-12-22(28)20-6-4-5-7-21(20)26-25;17-13-5-6-14(7-9-15-10-8-14)16-12-4-2-1-3-11(12)13;1-11(2,3)9-6-4-8(5-7-9)10(12)13;1-2-7-5-3-4-6-7;1-2-3/h4-11,26H,12-17H2,1-3H3;1-4,15-16H,5-10H2;4-7H,1-3H3;2-6H2,1H3;2-3H2,1H3.